The van der Waals surface area contributed by atoms with Gasteiger partial charge in [-0.3, -0.25) is 0 Å². The van der Waals surface area contributed by atoms with Crippen molar-refractivity contribution in [3.05, 3.63) is 35.9 Å². The van der Waals surface area contributed by atoms with E-state index in [0.717, 1.165) is 5.75 Å². The normalized spacial score (nSPS) is 11.7. The van der Waals surface area contributed by atoms with E-state index >= 15 is 0 Å². The fourth-order valence-corrected chi connectivity index (χ4v) is 1.06. The molecular formula is C9H11BiNiO. The number of rotatable bonds is 0. The molecule has 1 aliphatic rings. The monoisotopic (exact) mass is 402 g/mol. The first-order valence-electron chi connectivity index (χ1n) is 3.35. The Bertz CT molecular complexity index is 273. The summed E-state index contributed by atoms with van der Waals surface area (Å²) in [6.07, 6.45) is 4.10. The van der Waals surface area contributed by atoms with Crippen molar-refractivity contribution >= 4 is 32.3 Å². The molecule has 1 nitrogen and oxygen atoms in total. The standard InChI is InChI=1S/C9H8O.Bi.Ni.3H/c1-2-6-9-8(4-1)5-3-7-10-9;;;;;/h1-6H,7H2;;;;;. The van der Waals surface area contributed by atoms with E-state index in [1.165, 1.54) is 5.56 Å². The first-order valence-corrected chi connectivity index (χ1v) is 3.35. The molecule has 1 aromatic carbocycles. The summed E-state index contributed by atoms with van der Waals surface area (Å²) >= 11 is 0. The molecule has 0 radical (unpaired) electrons. The van der Waals surface area contributed by atoms with E-state index in [1.54, 1.807) is 0 Å². The maximum absolute atomic E-state index is 5.34. The van der Waals surface area contributed by atoms with Gasteiger partial charge in [-0.2, -0.15) is 0 Å². The first-order chi connectivity index (χ1) is 4.97. The van der Waals surface area contributed by atoms with Gasteiger partial charge in [-0.15, -0.1) is 0 Å². The number of para-hydroxylation sites is 1. The molecule has 0 aliphatic carbocycles. The topological polar surface area (TPSA) is 9.23 Å². The minimum absolute atomic E-state index is 0. The van der Waals surface area contributed by atoms with Gasteiger partial charge in [0.15, 0.2) is 0 Å². The van der Waals surface area contributed by atoms with Crippen molar-refractivity contribution in [2.45, 2.75) is 0 Å². The molecule has 1 heterocycles. The van der Waals surface area contributed by atoms with E-state index in [1.807, 2.05) is 30.3 Å². The van der Waals surface area contributed by atoms with Crippen molar-refractivity contribution in [2.75, 3.05) is 6.61 Å². The van der Waals surface area contributed by atoms with Crippen LogP contribution in [0.25, 0.3) is 6.08 Å². The summed E-state index contributed by atoms with van der Waals surface area (Å²) in [5.41, 5.74) is 1.17. The maximum atomic E-state index is 5.34. The van der Waals surface area contributed by atoms with Crippen LogP contribution >= 0.6 is 0 Å². The van der Waals surface area contributed by atoms with Gasteiger partial charge in [0.25, 0.3) is 0 Å². The number of ether oxygens (including phenoxy) is 1. The SMILES string of the molecule is C1=Cc2ccccc2OC1.[BiH3].[Ni]. The van der Waals surface area contributed by atoms with Crippen LogP contribution in [0.15, 0.2) is 30.3 Å². The molecule has 0 aromatic heterocycles. The summed E-state index contributed by atoms with van der Waals surface area (Å²) in [5.74, 6) is 0.991. The third-order valence-corrected chi connectivity index (χ3v) is 1.55. The zero-order chi connectivity index (χ0) is 6.81. The Morgan fingerprint density at radius 3 is 2.67 bits per heavy atom. The third-order valence-electron chi connectivity index (χ3n) is 1.55. The minimum atomic E-state index is 0. The van der Waals surface area contributed by atoms with E-state index in [0.29, 0.717) is 6.61 Å². The summed E-state index contributed by atoms with van der Waals surface area (Å²) in [7, 11) is 0. The van der Waals surface area contributed by atoms with Crippen LogP contribution in [-0.4, -0.2) is 32.8 Å². The zero-order valence-corrected chi connectivity index (χ0v) is 13.1. The number of benzene rings is 1. The molecule has 0 unspecified atom stereocenters. The molecule has 1 aliphatic heterocycles. The summed E-state index contributed by atoms with van der Waals surface area (Å²) in [5, 5.41) is 0. The Labute approximate surface area is 101 Å². The Kier molecular flexibility index (Phi) is 5.79. The van der Waals surface area contributed by atoms with Crippen molar-refractivity contribution in [2.24, 2.45) is 0 Å². The van der Waals surface area contributed by atoms with E-state index in [-0.39, 0.29) is 42.7 Å². The molecule has 0 spiro atoms. The van der Waals surface area contributed by atoms with Crippen LogP contribution in [0.3, 0.4) is 0 Å². The van der Waals surface area contributed by atoms with Crippen LogP contribution in [0.2, 0.25) is 0 Å². The molecule has 1 aromatic rings. The van der Waals surface area contributed by atoms with Gasteiger partial charge in [-0.1, -0.05) is 24.3 Å². The average Bonchev–Trinajstić information content (AvgIpc) is 2.05. The Balaban J connectivity index is 0.000000605. The summed E-state index contributed by atoms with van der Waals surface area (Å²) in [6, 6.07) is 8.03. The third kappa shape index (κ3) is 2.57. The van der Waals surface area contributed by atoms with Crippen LogP contribution in [0, 0.1) is 0 Å². The van der Waals surface area contributed by atoms with Crippen molar-refractivity contribution in [1.29, 1.82) is 0 Å². The molecule has 0 bridgehead atoms. The second-order valence-corrected chi connectivity index (χ2v) is 2.25. The van der Waals surface area contributed by atoms with Crippen LogP contribution in [0.1, 0.15) is 5.56 Å². The van der Waals surface area contributed by atoms with E-state index in [4.69, 9.17) is 4.74 Å². The van der Waals surface area contributed by atoms with Gasteiger partial charge >= 0.3 is 26.2 Å². The van der Waals surface area contributed by atoms with Gasteiger partial charge in [0.05, 0.1) is 0 Å². The first kappa shape index (κ1) is 12.1. The second kappa shape index (κ2) is 5.73. The zero-order valence-electron chi connectivity index (χ0n) is 6.60. The van der Waals surface area contributed by atoms with E-state index in [2.05, 4.69) is 6.08 Å². The van der Waals surface area contributed by atoms with Gasteiger partial charge in [0.1, 0.15) is 12.4 Å². The average molecular weight is 403 g/mol. The second-order valence-electron chi connectivity index (χ2n) is 2.25. The smallest absolute Gasteiger partial charge is 0 e. The molecule has 0 N–H and O–H groups in total. The fraction of sp³-hybridized carbons (Fsp3) is 0.111. The molecule has 0 amide bonds. The Morgan fingerprint density at radius 1 is 1.17 bits per heavy atom. The van der Waals surface area contributed by atoms with Gasteiger partial charge in [0, 0.05) is 22.1 Å². The van der Waals surface area contributed by atoms with Crippen molar-refractivity contribution in [3.8, 4) is 5.75 Å². The number of hydrogen-bond donors (Lipinski definition) is 0. The van der Waals surface area contributed by atoms with E-state index < -0.39 is 0 Å². The Hall–Kier alpha value is 0.137. The molecule has 0 saturated carbocycles. The molecule has 0 atom stereocenters. The number of hydrogen-bond acceptors (Lipinski definition) is 1. The Morgan fingerprint density at radius 2 is 1.92 bits per heavy atom. The molecular weight excluding hydrogens is 392 g/mol. The summed E-state index contributed by atoms with van der Waals surface area (Å²) in [6.45, 7) is 0.705. The van der Waals surface area contributed by atoms with Gasteiger partial charge in [0.2, 0.25) is 0 Å². The van der Waals surface area contributed by atoms with Crippen molar-refractivity contribution in [1.82, 2.24) is 0 Å². The largest absolute Gasteiger partial charge is 0 e. The number of fused-ring (bicyclic) bond motifs is 1. The van der Waals surface area contributed by atoms with Gasteiger partial charge in [-0.25, -0.2) is 0 Å². The van der Waals surface area contributed by atoms with Crippen molar-refractivity contribution in [3.63, 3.8) is 0 Å². The van der Waals surface area contributed by atoms with Crippen LogP contribution in [-0.2, 0) is 16.5 Å². The molecule has 2 rings (SSSR count). The molecule has 12 heavy (non-hydrogen) atoms. The minimum Gasteiger partial charge on any atom is 0 e. The quantitative estimate of drug-likeness (QED) is 0.586. The summed E-state index contributed by atoms with van der Waals surface area (Å²) in [4.78, 5) is 0. The molecule has 0 fully saturated rings. The molecule has 0 saturated heterocycles. The van der Waals surface area contributed by atoms with Crippen LogP contribution < -0.4 is 4.74 Å². The fourth-order valence-electron chi connectivity index (χ4n) is 1.06. The predicted molar refractivity (Wildman–Crippen MR) is 50.9 cm³/mol. The maximum Gasteiger partial charge on any atom is 0 e. The summed E-state index contributed by atoms with van der Waals surface area (Å²) < 4.78 is 5.34. The van der Waals surface area contributed by atoms with Gasteiger partial charge < -0.3 is 4.74 Å². The van der Waals surface area contributed by atoms with Crippen LogP contribution in [0.4, 0.5) is 0 Å². The van der Waals surface area contributed by atoms with E-state index in [9.17, 15) is 0 Å². The predicted octanol–water partition coefficient (Wildman–Crippen LogP) is 0.906. The van der Waals surface area contributed by atoms with Gasteiger partial charge in [-0.05, 0) is 12.1 Å². The molecule has 3 heteroatoms. The van der Waals surface area contributed by atoms with Crippen LogP contribution in [0.5, 0.6) is 5.75 Å². The van der Waals surface area contributed by atoms with Crippen molar-refractivity contribution < 1.29 is 21.2 Å². The molecule has 68 valence electrons.